The predicted molar refractivity (Wildman–Crippen MR) is 69.1 cm³/mol. The molecule has 1 N–H and O–H groups in total. The summed E-state index contributed by atoms with van der Waals surface area (Å²) in [5.74, 6) is 0.700. The van der Waals surface area contributed by atoms with Crippen LogP contribution in [0, 0.1) is 5.92 Å². The van der Waals surface area contributed by atoms with Gasteiger partial charge < -0.3 is 10.1 Å². The van der Waals surface area contributed by atoms with E-state index in [1.165, 1.54) is 12.8 Å². The van der Waals surface area contributed by atoms with E-state index in [1.807, 2.05) is 6.26 Å². The summed E-state index contributed by atoms with van der Waals surface area (Å²) >= 11 is 1.62. The topological polar surface area (TPSA) is 47.0 Å². The van der Waals surface area contributed by atoms with Gasteiger partial charge in [0.25, 0.3) is 0 Å². The molecule has 94 valence electrons. The predicted octanol–water partition coefficient (Wildman–Crippen LogP) is 1.71. The lowest BCUT2D eigenvalue weighted by Crippen LogP contribution is -2.29. The smallest absolute Gasteiger partial charge is 0.120 e. The summed E-state index contributed by atoms with van der Waals surface area (Å²) < 4.78 is 5.76. The van der Waals surface area contributed by atoms with Gasteiger partial charge in [-0.3, -0.25) is 4.98 Å². The molecule has 0 spiro atoms. The first-order valence-corrected chi connectivity index (χ1v) is 7.25. The molecule has 2 heterocycles. The Balaban J connectivity index is 1.77. The molecule has 0 bridgehead atoms. The lowest BCUT2D eigenvalue weighted by atomic mass is 9.99. The van der Waals surface area contributed by atoms with Gasteiger partial charge in [-0.2, -0.15) is 0 Å². The third kappa shape index (κ3) is 3.94. The molecule has 0 unspecified atom stereocenters. The van der Waals surface area contributed by atoms with Crippen molar-refractivity contribution in [1.29, 1.82) is 0 Å². The van der Waals surface area contributed by atoms with E-state index in [2.05, 4.69) is 15.3 Å². The standard InChI is InChI=1S/C12H19N3OS/c1-17-12-11(14-6-7-15-12)9-16-8-10-2-4-13-5-3-10/h6-7,10,13H,2-5,8-9H2,1H3. The molecule has 0 saturated carbocycles. The van der Waals surface area contributed by atoms with Crippen molar-refractivity contribution >= 4 is 11.8 Å². The Kier molecular flexibility index (Phi) is 5.22. The van der Waals surface area contributed by atoms with Gasteiger partial charge in [-0.1, -0.05) is 0 Å². The third-order valence-corrected chi connectivity index (χ3v) is 3.71. The van der Waals surface area contributed by atoms with Gasteiger partial charge in [0, 0.05) is 12.4 Å². The van der Waals surface area contributed by atoms with Crippen LogP contribution in [0.3, 0.4) is 0 Å². The first-order chi connectivity index (χ1) is 8.40. The van der Waals surface area contributed by atoms with E-state index in [9.17, 15) is 0 Å². The quantitative estimate of drug-likeness (QED) is 0.810. The van der Waals surface area contributed by atoms with Crippen molar-refractivity contribution < 1.29 is 4.74 Å². The van der Waals surface area contributed by atoms with Crippen LogP contribution >= 0.6 is 11.8 Å². The Morgan fingerprint density at radius 1 is 1.35 bits per heavy atom. The van der Waals surface area contributed by atoms with Gasteiger partial charge in [-0.05, 0) is 38.1 Å². The summed E-state index contributed by atoms with van der Waals surface area (Å²) in [7, 11) is 0. The summed E-state index contributed by atoms with van der Waals surface area (Å²) in [4.78, 5) is 8.58. The number of nitrogens with one attached hydrogen (secondary N) is 1. The second-order valence-corrected chi connectivity index (χ2v) is 5.02. The maximum absolute atomic E-state index is 5.76. The highest BCUT2D eigenvalue weighted by Crippen LogP contribution is 2.17. The number of nitrogens with zero attached hydrogens (tertiary/aromatic N) is 2. The van der Waals surface area contributed by atoms with Gasteiger partial charge in [0.1, 0.15) is 5.03 Å². The molecule has 17 heavy (non-hydrogen) atoms. The molecule has 1 aliphatic heterocycles. The number of hydrogen-bond acceptors (Lipinski definition) is 5. The molecule has 5 heteroatoms. The van der Waals surface area contributed by atoms with Gasteiger partial charge in [0.2, 0.25) is 0 Å². The molecule has 1 aliphatic rings. The van der Waals surface area contributed by atoms with E-state index in [0.717, 1.165) is 30.4 Å². The Morgan fingerprint density at radius 3 is 2.88 bits per heavy atom. The first kappa shape index (κ1) is 12.8. The maximum atomic E-state index is 5.76. The molecule has 0 aliphatic carbocycles. The lowest BCUT2D eigenvalue weighted by molar-refractivity contribution is 0.0728. The van der Waals surface area contributed by atoms with Gasteiger partial charge in [0.15, 0.2) is 0 Å². The van der Waals surface area contributed by atoms with Crippen LogP contribution in [-0.4, -0.2) is 35.9 Å². The highest BCUT2D eigenvalue weighted by atomic mass is 32.2. The van der Waals surface area contributed by atoms with E-state index < -0.39 is 0 Å². The van der Waals surface area contributed by atoms with E-state index in [0.29, 0.717) is 12.5 Å². The number of piperidine rings is 1. The summed E-state index contributed by atoms with van der Waals surface area (Å²) in [5, 5.41) is 4.33. The second kappa shape index (κ2) is 6.93. The fourth-order valence-electron chi connectivity index (χ4n) is 1.99. The molecule has 0 aromatic carbocycles. The van der Waals surface area contributed by atoms with Crippen molar-refractivity contribution in [3.8, 4) is 0 Å². The molecule has 2 rings (SSSR count). The maximum Gasteiger partial charge on any atom is 0.120 e. The van der Waals surface area contributed by atoms with E-state index in [-0.39, 0.29) is 0 Å². The Labute approximate surface area is 107 Å². The molecule has 1 aromatic heterocycles. The Hall–Kier alpha value is -0.650. The average molecular weight is 253 g/mol. The van der Waals surface area contributed by atoms with Crippen molar-refractivity contribution in [3.05, 3.63) is 18.1 Å². The van der Waals surface area contributed by atoms with Gasteiger partial charge in [0.05, 0.1) is 18.9 Å². The number of aromatic nitrogens is 2. The first-order valence-electron chi connectivity index (χ1n) is 6.02. The summed E-state index contributed by atoms with van der Waals surface area (Å²) in [5.41, 5.74) is 0.953. The zero-order valence-corrected chi connectivity index (χ0v) is 11.0. The van der Waals surface area contributed by atoms with Crippen LogP contribution in [0.15, 0.2) is 17.4 Å². The fraction of sp³-hybridized carbons (Fsp3) is 0.667. The van der Waals surface area contributed by atoms with Crippen molar-refractivity contribution in [2.75, 3.05) is 26.0 Å². The summed E-state index contributed by atoms with van der Waals surface area (Å²) in [6.07, 6.45) is 7.90. The van der Waals surface area contributed by atoms with Crippen molar-refractivity contribution in [2.45, 2.75) is 24.5 Å². The molecule has 1 fully saturated rings. The lowest BCUT2D eigenvalue weighted by Gasteiger charge is -2.22. The SMILES string of the molecule is CSc1nccnc1COCC1CCNCC1. The number of rotatable bonds is 5. The zero-order valence-electron chi connectivity index (χ0n) is 10.2. The largest absolute Gasteiger partial charge is 0.375 e. The molecule has 1 saturated heterocycles. The minimum atomic E-state index is 0.577. The minimum Gasteiger partial charge on any atom is -0.375 e. The molecular weight excluding hydrogens is 234 g/mol. The minimum absolute atomic E-state index is 0.577. The van der Waals surface area contributed by atoms with Crippen LogP contribution in [0.2, 0.25) is 0 Å². The molecule has 0 radical (unpaired) electrons. The van der Waals surface area contributed by atoms with E-state index in [1.54, 1.807) is 24.2 Å². The highest BCUT2D eigenvalue weighted by Gasteiger charge is 2.13. The zero-order chi connectivity index (χ0) is 11.9. The number of hydrogen-bond donors (Lipinski definition) is 1. The summed E-state index contributed by atoms with van der Waals surface area (Å²) in [6.45, 7) is 3.66. The van der Waals surface area contributed by atoms with Crippen LogP contribution in [0.5, 0.6) is 0 Å². The van der Waals surface area contributed by atoms with Gasteiger partial charge in [-0.15, -0.1) is 11.8 Å². The van der Waals surface area contributed by atoms with Gasteiger partial charge in [-0.25, -0.2) is 4.98 Å². The van der Waals surface area contributed by atoms with Crippen LogP contribution in [0.4, 0.5) is 0 Å². The van der Waals surface area contributed by atoms with Crippen LogP contribution in [0.25, 0.3) is 0 Å². The number of thioether (sulfide) groups is 1. The Bertz CT molecular complexity index is 342. The van der Waals surface area contributed by atoms with Crippen LogP contribution < -0.4 is 5.32 Å². The van der Waals surface area contributed by atoms with E-state index >= 15 is 0 Å². The Morgan fingerprint density at radius 2 is 2.12 bits per heavy atom. The average Bonchev–Trinajstić information content (AvgIpc) is 2.40. The third-order valence-electron chi connectivity index (χ3n) is 2.98. The van der Waals surface area contributed by atoms with Crippen molar-refractivity contribution in [3.63, 3.8) is 0 Å². The normalized spacial score (nSPS) is 17.2. The molecule has 0 amide bonds. The molecule has 4 nitrogen and oxygen atoms in total. The molecular formula is C12H19N3OS. The fourth-order valence-corrected chi connectivity index (χ4v) is 2.51. The summed E-state index contributed by atoms with van der Waals surface area (Å²) in [6, 6.07) is 0. The highest BCUT2D eigenvalue weighted by molar-refractivity contribution is 7.98. The van der Waals surface area contributed by atoms with Crippen molar-refractivity contribution in [1.82, 2.24) is 15.3 Å². The van der Waals surface area contributed by atoms with Crippen LogP contribution in [0.1, 0.15) is 18.5 Å². The van der Waals surface area contributed by atoms with Gasteiger partial charge >= 0.3 is 0 Å². The second-order valence-electron chi connectivity index (χ2n) is 4.22. The van der Waals surface area contributed by atoms with E-state index in [4.69, 9.17) is 4.74 Å². The number of ether oxygens (including phenoxy) is 1. The molecule has 1 aromatic rings. The van der Waals surface area contributed by atoms with Crippen molar-refractivity contribution in [2.24, 2.45) is 5.92 Å². The molecule has 0 atom stereocenters. The monoisotopic (exact) mass is 253 g/mol. The van der Waals surface area contributed by atoms with Crippen LogP contribution in [-0.2, 0) is 11.3 Å².